The van der Waals surface area contributed by atoms with Crippen LogP contribution < -0.4 is 5.32 Å². The van der Waals surface area contributed by atoms with Gasteiger partial charge in [0.1, 0.15) is 5.54 Å². The van der Waals surface area contributed by atoms with Gasteiger partial charge in [0.2, 0.25) is 0 Å². The van der Waals surface area contributed by atoms with Gasteiger partial charge >= 0.3 is 5.97 Å². The lowest BCUT2D eigenvalue weighted by Gasteiger charge is -2.34. The second kappa shape index (κ2) is 8.60. The standard InChI is InChI=1S/C15H30N2O3/c1-5-16-15(3,14(18)20-6-2)12-17(4)10-13-8-7-9-19-11-13/h13,16H,5-12H2,1-4H3. The number of hydrogen-bond acceptors (Lipinski definition) is 5. The molecule has 0 radical (unpaired) electrons. The lowest BCUT2D eigenvalue weighted by Crippen LogP contribution is -2.57. The Morgan fingerprint density at radius 3 is 2.80 bits per heavy atom. The average molecular weight is 286 g/mol. The molecular weight excluding hydrogens is 256 g/mol. The largest absolute Gasteiger partial charge is 0.465 e. The molecule has 0 saturated carbocycles. The Balaban J connectivity index is 2.52. The minimum atomic E-state index is -0.644. The van der Waals surface area contributed by atoms with Crippen LogP contribution in [0.15, 0.2) is 0 Å². The maximum Gasteiger partial charge on any atom is 0.327 e. The minimum Gasteiger partial charge on any atom is -0.465 e. The number of esters is 1. The van der Waals surface area contributed by atoms with Gasteiger partial charge in [-0.3, -0.25) is 4.79 Å². The minimum absolute atomic E-state index is 0.173. The molecule has 0 aromatic rings. The molecule has 1 fully saturated rings. The van der Waals surface area contributed by atoms with E-state index in [4.69, 9.17) is 9.47 Å². The van der Waals surface area contributed by atoms with Crippen LogP contribution in [0.1, 0.15) is 33.6 Å². The monoisotopic (exact) mass is 286 g/mol. The summed E-state index contributed by atoms with van der Waals surface area (Å²) in [6.45, 7) is 10.3. The Bertz CT molecular complexity index is 293. The van der Waals surface area contributed by atoms with Crippen LogP contribution in [0.25, 0.3) is 0 Å². The van der Waals surface area contributed by atoms with Crippen molar-refractivity contribution in [2.75, 3.05) is 46.5 Å². The quantitative estimate of drug-likeness (QED) is 0.681. The van der Waals surface area contributed by atoms with Gasteiger partial charge in [-0.05, 0) is 46.2 Å². The fraction of sp³-hybridized carbons (Fsp3) is 0.933. The number of nitrogens with one attached hydrogen (secondary N) is 1. The van der Waals surface area contributed by atoms with Crippen LogP contribution in [0, 0.1) is 5.92 Å². The molecule has 1 N–H and O–H groups in total. The first-order valence-electron chi connectivity index (χ1n) is 7.70. The molecule has 1 heterocycles. The summed E-state index contributed by atoms with van der Waals surface area (Å²) in [5.41, 5.74) is -0.644. The first kappa shape index (κ1) is 17.4. The van der Waals surface area contributed by atoms with Crippen molar-refractivity contribution in [2.45, 2.75) is 39.2 Å². The molecule has 0 aliphatic carbocycles. The maximum absolute atomic E-state index is 12.1. The Kier molecular flexibility index (Phi) is 7.48. The zero-order valence-corrected chi connectivity index (χ0v) is 13.4. The van der Waals surface area contributed by atoms with Crippen LogP contribution in [0.2, 0.25) is 0 Å². The van der Waals surface area contributed by atoms with Crippen molar-refractivity contribution in [1.29, 1.82) is 0 Å². The summed E-state index contributed by atoms with van der Waals surface area (Å²) in [5.74, 6) is 0.399. The number of nitrogens with zero attached hydrogens (tertiary/aromatic N) is 1. The molecule has 118 valence electrons. The van der Waals surface area contributed by atoms with Gasteiger partial charge in [0, 0.05) is 19.7 Å². The van der Waals surface area contributed by atoms with Gasteiger partial charge in [-0.1, -0.05) is 6.92 Å². The highest BCUT2D eigenvalue weighted by atomic mass is 16.5. The number of likely N-dealkylation sites (N-methyl/N-ethyl adjacent to an activating group) is 2. The molecule has 0 amide bonds. The van der Waals surface area contributed by atoms with Crippen molar-refractivity contribution < 1.29 is 14.3 Å². The average Bonchev–Trinajstić information content (AvgIpc) is 2.40. The number of carbonyl (C=O) groups excluding carboxylic acids is 1. The summed E-state index contributed by atoms with van der Waals surface area (Å²) in [6.07, 6.45) is 2.35. The molecular formula is C15H30N2O3. The van der Waals surface area contributed by atoms with Gasteiger partial charge < -0.3 is 19.7 Å². The van der Waals surface area contributed by atoms with E-state index >= 15 is 0 Å². The van der Waals surface area contributed by atoms with E-state index in [0.717, 1.165) is 32.7 Å². The second-order valence-corrected chi connectivity index (χ2v) is 5.86. The Morgan fingerprint density at radius 2 is 2.25 bits per heavy atom. The number of ether oxygens (including phenoxy) is 2. The van der Waals surface area contributed by atoms with Crippen molar-refractivity contribution >= 4 is 5.97 Å². The highest BCUT2D eigenvalue weighted by molar-refractivity contribution is 5.80. The zero-order chi connectivity index (χ0) is 15.0. The molecule has 0 bridgehead atoms. The van der Waals surface area contributed by atoms with Crippen molar-refractivity contribution in [3.63, 3.8) is 0 Å². The molecule has 0 aromatic heterocycles. The maximum atomic E-state index is 12.1. The van der Waals surface area contributed by atoms with E-state index in [9.17, 15) is 4.79 Å². The number of hydrogen-bond donors (Lipinski definition) is 1. The van der Waals surface area contributed by atoms with E-state index in [-0.39, 0.29) is 5.97 Å². The van der Waals surface area contributed by atoms with Crippen LogP contribution >= 0.6 is 0 Å². The van der Waals surface area contributed by atoms with Gasteiger partial charge in [-0.2, -0.15) is 0 Å². The molecule has 1 aliphatic heterocycles. The van der Waals surface area contributed by atoms with Crippen LogP contribution in [0.4, 0.5) is 0 Å². The first-order chi connectivity index (χ1) is 9.51. The van der Waals surface area contributed by atoms with Crippen LogP contribution in [-0.4, -0.2) is 62.9 Å². The smallest absolute Gasteiger partial charge is 0.327 e. The van der Waals surface area contributed by atoms with Gasteiger partial charge in [0.15, 0.2) is 0 Å². The first-order valence-corrected chi connectivity index (χ1v) is 7.70. The molecule has 5 nitrogen and oxygen atoms in total. The van der Waals surface area contributed by atoms with E-state index in [1.165, 1.54) is 6.42 Å². The topological polar surface area (TPSA) is 50.8 Å². The highest BCUT2D eigenvalue weighted by Crippen LogP contribution is 2.16. The third-order valence-corrected chi connectivity index (χ3v) is 3.70. The van der Waals surface area contributed by atoms with Gasteiger partial charge in [-0.15, -0.1) is 0 Å². The number of carbonyl (C=O) groups is 1. The molecule has 1 rings (SSSR count). The van der Waals surface area contributed by atoms with Gasteiger partial charge in [-0.25, -0.2) is 0 Å². The predicted octanol–water partition coefficient (Wildman–Crippen LogP) is 1.28. The van der Waals surface area contributed by atoms with E-state index in [0.29, 0.717) is 19.1 Å². The predicted molar refractivity (Wildman–Crippen MR) is 79.8 cm³/mol. The van der Waals surface area contributed by atoms with E-state index in [2.05, 4.69) is 17.3 Å². The zero-order valence-electron chi connectivity index (χ0n) is 13.4. The third-order valence-electron chi connectivity index (χ3n) is 3.70. The van der Waals surface area contributed by atoms with Gasteiger partial charge in [0.05, 0.1) is 13.2 Å². The van der Waals surface area contributed by atoms with Crippen molar-refractivity contribution in [2.24, 2.45) is 5.92 Å². The van der Waals surface area contributed by atoms with Crippen LogP contribution in [0.3, 0.4) is 0 Å². The Hall–Kier alpha value is -0.650. The van der Waals surface area contributed by atoms with Crippen molar-refractivity contribution in [3.05, 3.63) is 0 Å². The Labute approximate surface area is 123 Å². The van der Waals surface area contributed by atoms with E-state index in [1.807, 2.05) is 20.8 Å². The molecule has 0 aromatic carbocycles. The summed E-state index contributed by atoms with van der Waals surface area (Å²) in [5, 5.41) is 3.26. The lowest BCUT2D eigenvalue weighted by molar-refractivity contribution is -0.151. The molecule has 1 saturated heterocycles. The van der Waals surface area contributed by atoms with Crippen molar-refractivity contribution in [3.8, 4) is 0 Å². The molecule has 2 atom stereocenters. The van der Waals surface area contributed by atoms with Crippen LogP contribution in [0.5, 0.6) is 0 Å². The van der Waals surface area contributed by atoms with E-state index in [1.54, 1.807) is 0 Å². The van der Waals surface area contributed by atoms with Gasteiger partial charge in [0.25, 0.3) is 0 Å². The second-order valence-electron chi connectivity index (χ2n) is 5.86. The summed E-state index contributed by atoms with van der Waals surface area (Å²) in [7, 11) is 2.06. The normalized spacial score (nSPS) is 22.6. The molecule has 1 aliphatic rings. The summed E-state index contributed by atoms with van der Waals surface area (Å²) >= 11 is 0. The van der Waals surface area contributed by atoms with Crippen molar-refractivity contribution in [1.82, 2.24) is 10.2 Å². The summed E-state index contributed by atoms with van der Waals surface area (Å²) < 4.78 is 10.7. The highest BCUT2D eigenvalue weighted by Gasteiger charge is 2.35. The third kappa shape index (κ3) is 5.38. The summed E-state index contributed by atoms with van der Waals surface area (Å²) in [4.78, 5) is 14.4. The molecule has 20 heavy (non-hydrogen) atoms. The van der Waals surface area contributed by atoms with Crippen LogP contribution in [-0.2, 0) is 14.3 Å². The summed E-state index contributed by atoms with van der Waals surface area (Å²) in [6, 6.07) is 0. The van der Waals surface area contributed by atoms with E-state index < -0.39 is 5.54 Å². The number of rotatable bonds is 8. The molecule has 5 heteroatoms. The SMILES string of the molecule is CCNC(C)(CN(C)CC1CCCOC1)C(=O)OCC. The Morgan fingerprint density at radius 1 is 1.50 bits per heavy atom. The fourth-order valence-electron chi connectivity index (χ4n) is 2.87. The molecule has 0 spiro atoms. The lowest BCUT2D eigenvalue weighted by atomic mass is 9.98. The molecule has 2 unspecified atom stereocenters. The fourth-order valence-corrected chi connectivity index (χ4v) is 2.87.